The Morgan fingerprint density at radius 2 is 1.63 bits per heavy atom. The van der Waals surface area contributed by atoms with Crippen molar-refractivity contribution in [3.63, 3.8) is 0 Å². The minimum absolute atomic E-state index is 0.0490. The molecular weight excluding hydrogens is 1350 g/mol. The highest BCUT2D eigenvalue weighted by atomic mass is 35.5. The van der Waals surface area contributed by atoms with E-state index in [4.69, 9.17) is 22.1 Å². The fraction of sp³-hybridized carbons (Fsp3) is 0.485. The molecule has 0 radical (unpaired) electrons. The van der Waals surface area contributed by atoms with E-state index >= 15 is 0 Å². The molecule has 9 amide bonds. The molecule has 100 heavy (non-hydrogen) atoms. The van der Waals surface area contributed by atoms with E-state index in [1.807, 2.05) is 51.1 Å². The molecule has 32 heteroatoms. The Hall–Kier alpha value is -8.93. The summed E-state index contributed by atoms with van der Waals surface area (Å²) in [4.78, 5) is 169. The molecule has 4 aliphatic heterocycles. The predicted molar refractivity (Wildman–Crippen MR) is 367 cm³/mol. The maximum Gasteiger partial charge on any atom is 0.396 e. The highest BCUT2D eigenvalue weighted by Crippen LogP contribution is 2.42. The molecule has 29 nitrogen and oxygen atoms in total. The number of carbonyl (C=O) groups is 10. The van der Waals surface area contributed by atoms with Crippen LogP contribution in [0.1, 0.15) is 153 Å². The van der Waals surface area contributed by atoms with E-state index in [1.165, 1.54) is 64.1 Å². The van der Waals surface area contributed by atoms with Gasteiger partial charge in [-0.05, 0) is 106 Å². The van der Waals surface area contributed by atoms with Gasteiger partial charge in [-0.25, -0.2) is 9.67 Å². The van der Waals surface area contributed by atoms with Crippen LogP contribution in [-0.4, -0.2) is 194 Å². The molecule has 10 N–H and O–H groups in total. The fourth-order valence-electron chi connectivity index (χ4n) is 13.8. The summed E-state index contributed by atoms with van der Waals surface area (Å²) in [5.41, 5.74) is 9.44. The van der Waals surface area contributed by atoms with E-state index < -0.39 is 102 Å². The number of aryl methyl sites for hydroxylation is 3. The number of nitrogens with one attached hydrogen (secondary N) is 5. The zero-order valence-electron chi connectivity index (χ0n) is 56.4. The number of likely N-dealkylation sites (tertiary alicyclic amines) is 1. The Balaban J connectivity index is 0.742. The number of nitrogens with zero attached hydrogens (tertiary/aromatic N) is 8. The van der Waals surface area contributed by atoms with Gasteiger partial charge in [0, 0.05) is 87.3 Å². The van der Waals surface area contributed by atoms with Crippen molar-refractivity contribution in [2.24, 2.45) is 11.1 Å². The van der Waals surface area contributed by atoms with Crippen molar-refractivity contribution in [2.75, 3.05) is 39.3 Å². The lowest BCUT2D eigenvalue weighted by atomic mass is 9.83. The first-order chi connectivity index (χ1) is 47.5. The zero-order valence-corrected chi connectivity index (χ0v) is 58.9. The van der Waals surface area contributed by atoms with Gasteiger partial charge in [0.15, 0.2) is 0 Å². The monoisotopic (exact) mass is 1430 g/mol. The minimum Gasteiger partial charge on any atom is -0.490 e. The van der Waals surface area contributed by atoms with Crippen molar-refractivity contribution in [3.8, 4) is 16.2 Å². The van der Waals surface area contributed by atoms with Gasteiger partial charge in [-0.3, -0.25) is 52.5 Å². The van der Waals surface area contributed by atoms with E-state index in [9.17, 15) is 67.4 Å². The van der Waals surface area contributed by atoms with Crippen LogP contribution in [0, 0.1) is 19.3 Å². The standard InChI is InChI=1S/C68H84ClN14O15PS/c1-37-55-33-80(40(4)85)35-68(5,6)61(83(55)78-77-37)66(93)81-31-48(86)29-54(81)64(91)75-50(41-14-16-43(17-15-41)60-38(2)72-36-100-60)30-58(88)71-25-9-7-8-11-42-12-10-13-56(59(42)69)98-34-46(19-23-57(70)87)73-63(90)53-22-20-47-24-26-79(39(3)84)32-52(65(92)82(47)53)76-62(89)51-28-45-27-44(18-21-49(45)74-51)67(94)99(95,96)97/h10,12-18,21,27-28,36,46-48,50,52-54,61,74,86H,7-9,11,19-20,22-26,29-35H2,1-6H3,(H2,70,87)(H,71,88)(H,73,90)(H,75,91)(H,76,89)(H2,95,96,97)/t46-,47+,48-,50+,52-,53-,54+,61-/m0/s1. The van der Waals surface area contributed by atoms with Crippen molar-refractivity contribution in [2.45, 2.75) is 167 Å². The number of thiazole rings is 1. The number of nitrogens with two attached hydrogens (primary N) is 1. The Morgan fingerprint density at radius 3 is 2.33 bits per heavy atom. The number of hydrogen-bond acceptors (Lipinski definition) is 17. The first-order valence-electron chi connectivity index (χ1n) is 33.3. The highest BCUT2D eigenvalue weighted by molar-refractivity contribution is 7.70. The molecule has 3 aromatic heterocycles. The first kappa shape index (κ1) is 73.8. The van der Waals surface area contributed by atoms with Gasteiger partial charge in [0.05, 0.1) is 63.6 Å². The zero-order chi connectivity index (χ0) is 72.1. The first-order valence-corrected chi connectivity index (χ1v) is 36.2. The topological polar surface area (TPSA) is 404 Å². The number of primary amides is 1. The van der Waals surface area contributed by atoms with Crippen LogP contribution < -0.4 is 31.7 Å². The lowest BCUT2D eigenvalue weighted by molar-refractivity contribution is -0.145. The summed E-state index contributed by atoms with van der Waals surface area (Å²) in [6.07, 6.45) is 2.20. The SMILES string of the molecule is CC(=O)N1CC[C@H]2CC[C@@H](C(=O)N[C@@H](CCC(N)=O)COc3cccc(CCCCCNC(=O)C[C@@H](NC(=O)[C@H]4C[C@H](O)CN4C(=O)[C@@H]4n5nnc(C)c5CN(C(C)=O)CC4(C)C)c4ccc(-c5scnc5C)cc4)c3Cl)N2C(=O)[C@@H](NC(=O)c2cc3cc(C(=O)P(=O)(O)O)ccc3[nH]2)C1. The number of unbranched alkanes of at least 4 members (excludes halogenated alkanes) is 2. The molecule has 7 heterocycles. The maximum absolute atomic E-state index is 14.9. The second kappa shape index (κ2) is 31.3. The summed E-state index contributed by atoms with van der Waals surface area (Å²) in [7, 11) is -5.10. The number of amides is 9. The molecule has 4 aliphatic rings. The van der Waals surface area contributed by atoms with Gasteiger partial charge >= 0.3 is 7.60 Å². The van der Waals surface area contributed by atoms with Crippen molar-refractivity contribution in [1.82, 2.24) is 65.8 Å². The van der Waals surface area contributed by atoms with Crippen LogP contribution in [0.25, 0.3) is 21.3 Å². The number of β-amino-alcohol motifs (C(OH)–C–C–N with tert-alkyl or cyclic N) is 1. The van der Waals surface area contributed by atoms with Crippen molar-refractivity contribution in [1.29, 1.82) is 0 Å². The molecule has 0 bridgehead atoms. The van der Waals surface area contributed by atoms with Gasteiger partial charge in [0.25, 0.3) is 11.4 Å². The van der Waals surface area contributed by atoms with Crippen LogP contribution in [0.15, 0.2) is 72.2 Å². The molecule has 6 aromatic rings. The van der Waals surface area contributed by atoms with Gasteiger partial charge in [-0.15, -0.1) is 16.4 Å². The average molecular weight is 1440 g/mol. The Labute approximate surface area is 585 Å². The van der Waals surface area contributed by atoms with Crippen LogP contribution in [0.4, 0.5) is 0 Å². The van der Waals surface area contributed by atoms with Crippen LogP contribution in [0.3, 0.4) is 0 Å². The molecule has 3 saturated heterocycles. The van der Waals surface area contributed by atoms with Crippen LogP contribution >= 0.6 is 30.5 Å². The number of aromatic amines is 1. The van der Waals surface area contributed by atoms with Crippen molar-refractivity contribution < 1.29 is 72.1 Å². The number of aromatic nitrogens is 5. The molecule has 0 unspecified atom stereocenters. The predicted octanol–water partition coefficient (Wildman–Crippen LogP) is 4.68. The third kappa shape index (κ3) is 17.1. The van der Waals surface area contributed by atoms with Crippen molar-refractivity contribution in [3.05, 3.63) is 117 Å². The van der Waals surface area contributed by atoms with Gasteiger partial charge in [0.2, 0.25) is 47.3 Å². The van der Waals surface area contributed by atoms with Crippen molar-refractivity contribution >= 4 is 100 Å². The Bertz CT molecular complexity index is 4170. The summed E-state index contributed by atoms with van der Waals surface area (Å²) in [5.74, 6) is -4.09. The number of carbonyl (C=O) groups excluding carboxylic acids is 10. The normalized spacial score (nSPS) is 20.5. The average Bonchev–Trinajstić information content (AvgIpc) is 1.60. The van der Waals surface area contributed by atoms with Crippen LogP contribution in [0.5, 0.6) is 5.75 Å². The summed E-state index contributed by atoms with van der Waals surface area (Å²) in [6.45, 7) is 10.7. The Kier molecular flexibility index (Phi) is 23.1. The lowest BCUT2D eigenvalue weighted by Gasteiger charge is -2.38. The molecule has 0 saturated carbocycles. The maximum atomic E-state index is 14.9. The second-order valence-corrected chi connectivity index (χ2v) is 29.6. The van der Waals surface area contributed by atoms with Gasteiger partial charge in [0.1, 0.15) is 42.2 Å². The molecule has 0 aliphatic carbocycles. The van der Waals surface area contributed by atoms with E-state index in [2.05, 4.69) is 41.5 Å². The third-order valence-electron chi connectivity index (χ3n) is 19.1. The largest absolute Gasteiger partial charge is 0.490 e. The van der Waals surface area contributed by atoms with E-state index in [0.29, 0.717) is 78.3 Å². The van der Waals surface area contributed by atoms with Crippen LogP contribution in [-0.2, 0) is 55.9 Å². The molecule has 3 fully saturated rings. The van der Waals surface area contributed by atoms with Gasteiger partial charge in [-0.1, -0.05) is 73.5 Å². The summed E-state index contributed by atoms with van der Waals surface area (Å²) in [6, 6.07) is 11.4. The number of fused-ring (bicyclic) bond motifs is 3. The number of rotatable bonds is 25. The number of benzene rings is 3. The van der Waals surface area contributed by atoms with E-state index in [-0.39, 0.29) is 106 Å². The smallest absolute Gasteiger partial charge is 0.396 e. The number of hydrogen-bond donors (Lipinski definition) is 9. The molecule has 534 valence electrons. The summed E-state index contributed by atoms with van der Waals surface area (Å²) in [5, 5.41) is 32.1. The molecule has 3 aromatic carbocycles. The molecule has 10 rings (SSSR count). The number of H-pyrrole nitrogens is 1. The number of aliphatic hydroxyl groups excluding tert-OH is 1. The number of aliphatic hydroxyl groups is 1. The van der Waals surface area contributed by atoms with E-state index in [0.717, 1.165) is 21.7 Å². The van der Waals surface area contributed by atoms with Crippen LogP contribution in [0.2, 0.25) is 5.02 Å². The molecule has 8 atom stereocenters. The third-order valence-corrected chi connectivity index (χ3v) is 21.3. The minimum atomic E-state index is -5.10. The Morgan fingerprint density at radius 1 is 0.890 bits per heavy atom. The second-order valence-electron chi connectivity index (χ2n) is 26.9. The molecular formula is C68H84ClN14O15PS. The lowest BCUT2D eigenvalue weighted by Crippen LogP contribution is -2.61. The molecule has 0 spiro atoms. The number of ether oxygens (including phenoxy) is 1. The van der Waals surface area contributed by atoms with Gasteiger partial charge < -0.3 is 71.2 Å². The van der Waals surface area contributed by atoms with Gasteiger partial charge in [-0.2, -0.15) is 0 Å². The highest BCUT2D eigenvalue weighted by Gasteiger charge is 2.50. The fourth-order valence-corrected chi connectivity index (χ4v) is 15.4. The number of halogens is 1. The summed E-state index contributed by atoms with van der Waals surface area (Å²) < 4.78 is 19.5. The summed E-state index contributed by atoms with van der Waals surface area (Å²) >= 11 is 8.47. The van der Waals surface area contributed by atoms with E-state index in [1.54, 1.807) is 34.1 Å². The quantitative estimate of drug-likeness (QED) is 0.0277.